The van der Waals surface area contributed by atoms with Crippen molar-refractivity contribution in [3.05, 3.63) is 40.2 Å². The predicted molar refractivity (Wildman–Crippen MR) is 118 cm³/mol. The van der Waals surface area contributed by atoms with Crippen LogP contribution >= 0.6 is 0 Å². The summed E-state index contributed by atoms with van der Waals surface area (Å²) in [6, 6.07) is 5.29. The van der Waals surface area contributed by atoms with Crippen LogP contribution in [0.3, 0.4) is 0 Å². The van der Waals surface area contributed by atoms with Gasteiger partial charge >= 0.3 is 6.18 Å². The average Bonchev–Trinajstić information content (AvgIpc) is 2.97. The van der Waals surface area contributed by atoms with E-state index in [9.17, 15) is 31.2 Å². The van der Waals surface area contributed by atoms with Crippen LogP contribution in [0.5, 0.6) is 0 Å². The number of fused-ring (bicyclic) bond motifs is 1. The highest BCUT2D eigenvalue weighted by atomic mass is 32.2. The molecule has 0 radical (unpaired) electrons. The van der Waals surface area contributed by atoms with Gasteiger partial charge in [0.15, 0.2) is 0 Å². The van der Waals surface area contributed by atoms with E-state index in [0.717, 1.165) is 6.07 Å². The minimum Gasteiger partial charge on any atom is -0.337 e. The number of aromatic amines is 1. The molecule has 1 aromatic carbocycles. The van der Waals surface area contributed by atoms with Crippen LogP contribution in [-0.2, 0) is 10.0 Å². The number of pyridine rings is 1. The van der Waals surface area contributed by atoms with Gasteiger partial charge in [0.1, 0.15) is 0 Å². The number of H-pyrrole nitrogens is 1. The molecule has 0 atom stereocenters. The molecule has 1 saturated heterocycles. The van der Waals surface area contributed by atoms with Crippen molar-refractivity contribution in [1.82, 2.24) is 19.1 Å². The maximum absolute atomic E-state index is 13.3. The summed E-state index contributed by atoms with van der Waals surface area (Å²) in [6.45, 7) is 3.49. The standard InChI is InChI=1S/C21H27F3N4O4S/c1-3-28(4-2)33(31,32)15-6-7-18-16(12-15)17(13-19(29)25-18)20(30)27-9-5-8-26(10-11-27)14-21(22,23)24/h6-7,12-13H,3-5,8-11,14H2,1-2H3,(H,25,29). The van der Waals surface area contributed by atoms with Gasteiger partial charge in [0.25, 0.3) is 5.91 Å². The highest BCUT2D eigenvalue weighted by molar-refractivity contribution is 7.89. The summed E-state index contributed by atoms with van der Waals surface area (Å²) in [5.74, 6) is -0.516. The van der Waals surface area contributed by atoms with Crippen molar-refractivity contribution in [2.45, 2.75) is 31.3 Å². The highest BCUT2D eigenvalue weighted by Crippen LogP contribution is 2.24. The lowest BCUT2D eigenvalue weighted by Crippen LogP contribution is -2.38. The van der Waals surface area contributed by atoms with Crippen LogP contribution in [-0.4, -0.2) is 85.4 Å². The molecule has 2 heterocycles. The first-order chi connectivity index (χ1) is 15.5. The fourth-order valence-electron chi connectivity index (χ4n) is 4.04. The first kappa shape index (κ1) is 25.2. The number of carbonyl (C=O) groups excluding carboxylic acids is 1. The number of benzene rings is 1. The molecule has 8 nitrogen and oxygen atoms in total. The fraction of sp³-hybridized carbons (Fsp3) is 0.524. The smallest absolute Gasteiger partial charge is 0.337 e. The van der Waals surface area contributed by atoms with E-state index in [-0.39, 0.29) is 55.1 Å². The lowest BCUT2D eigenvalue weighted by atomic mass is 10.1. The molecule has 0 bridgehead atoms. The Kier molecular flexibility index (Phi) is 7.49. The Bertz CT molecular complexity index is 1180. The number of rotatable bonds is 6. The molecular formula is C21H27F3N4O4S. The van der Waals surface area contributed by atoms with Gasteiger partial charge in [0.05, 0.1) is 17.0 Å². The maximum atomic E-state index is 13.3. The minimum absolute atomic E-state index is 0.00739. The van der Waals surface area contributed by atoms with Crippen molar-refractivity contribution >= 4 is 26.8 Å². The number of amides is 1. The van der Waals surface area contributed by atoms with Crippen molar-refractivity contribution in [2.75, 3.05) is 45.8 Å². The quantitative estimate of drug-likeness (QED) is 0.674. The Morgan fingerprint density at radius 1 is 1.09 bits per heavy atom. The zero-order chi connectivity index (χ0) is 24.4. The van der Waals surface area contributed by atoms with Gasteiger partial charge in [-0.1, -0.05) is 13.8 Å². The zero-order valence-electron chi connectivity index (χ0n) is 18.5. The molecule has 2 aromatic rings. The molecule has 3 rings (SSSR count). The second-order valence-corrected chi connectivity index (χ2v) is 9.82. The van der Waals surface area contributed by atoms with Gasteiger partial charge in [0.2, 0.25) is 15.6 Å². The fourth-order valence-corrected chi connectivity index (χ4v) is 5.52. The van der Waals surface area contributed by atoms with Gasteiger partial charge in [-0.3, -0.25) is 14.5 Å². The summed E-state index contributed by atoms with van der Waals surface area (Å²) >= 11 is 0. The van der Waals surface area contributed by atoms with Crippen molar-refractivity contribution < 1.29 is 26.4 Å². The number of sulfonamides is 1. The molecule has 33 heavy (non-hydrogen) atoms. The van der Waals surface area contributed by atoms with E-state index in [1.165, 1.54) is 32.3 Å². The summed E-state index contributed by atoms with van der Waals surface area (Å²) in [5, 5.41) is 0.268. The third-order valence-electron chi connectivity index (χ3n) is 5.67. The lowest BCUT2D eigenvalue weighted by Gasteiger charge is -2.23. The first-order valence-corrected chi connectivity index (χ1v) is 12.2. The van der Waals surface area contributed by atoms with Gasteiger partial charge in [0, 0.05) is 56.2 Å². The molecule has 12 heteroatoms. The maximum Gasteiger partial charge on any atom is 0.401 e. The number of alkyl halides is 3. The Labute approximate surface area is 190 Å². The molecule has 182 valence electrons. The summed E-state index contributed by atoms with van der Waals surface area (Å²) in [5.41, 5.74) is -0.203. The van der Waals surface area contributed by atoms with Gasteiger partial charge in [-0.2, -0.15) is 17.5 Å². The summed E-state index contributed by atoms with van der Waals surface area (Å²) < 4.78 is 65.4. The normalized spacial score (nSPS) is 16.4. The van der Waals surface area contributed by atoms with E-state index in [0.29, 0.717) is 11.9 Å². The summed E-state index contributed by atoms with van der Waals surface area (Å²) in [6.07, 6.45) is -3.97. The Morgan fingerprint density at radius 3 is 2.42 bits per heavy atom. The topological polar surface area (TPSA) is 93.8 Å². The second-order valence-electron chi connectivity index (χ2n) is 7.88. The van der Waals surface area contributed by atoms with Gasteiger partial charge < -0.3 is 9.88 Å². The lowest BCUT2D eigenvalue weighted by molar-refractivity contribution is -0.145. The van der Waals surface area contributed by atoms with Crippen LogP contribution in [0.4, 0.5) is 13.2 Å². The van der Waals surface area contributed by atoms with E-state index in [4.69, 9.17) is 0 Å². The van der Waals surface area contributed by atoms with Crippen molar-refractivity contribution in [3.8, 4) is 0 Å². The number of aromatic nitrogens is 1. The van der Waals surface area contributed by atoms with E-state index in [1.807, 2.05) is 0 Å². The number of hydrogen-bond acceptors (Lipinski definition) is 5. The van der Waals surface area contributed by atoms with Crippen LogP contribution in [0, 0.1) is 0 Å². The largest absolute Gasteiger partial charge is 0.401 e. The molecule has 0 spiro atoms. The molecule has 0 aliphatic carbocycles. The molecule has 0 unspecified atom stereocenters. The van der Waals surface area contributed by atoms with Crippen molar-refractivity contribution in [1.29, 1.82) is 0 Å². The summed E-state index contributed by atoms with van der Waals surface area (Å²) in [4.78, 5) is 30.7. The van der Waals surface area contributed by atoms with E-state index >= 15 is 0 Å². The van der Waals surface area contributed by atoms with E-state index in [1.54, 1.807) is 13.8 Å². The highest BCUT2D eigenvalue weighted by Gasteiger charge is 2.32. The van der Waals surface area contributed by atoms with Crippen molar-refractivity contribution in [3.63, 3.8) is 0 Å². The SMILES string of the molecule is CCN(CC)S(=O)(=O)c1ccc2[nH]c(=O)cc(C(=O)N3CCCN(CC(F)(F)F)CC3)c2c1. The van der Waals surface area contributed by atoms with Crippen LogP contribution in [0.1, 0.15) is 30.6 Å². The number of carbonyl (C=O) groups is 1. The number of halogens is 3. The second kappa shape index (κ2) is 9.82. The average molecular weight is 489 g/mol. The predicted octanol–water partition coefficient (Wildman–Crippen LogP) is 2.27. The third-order valence-corrected chi connectivity index (χ3v) is 7.71. The number of nitrogens with zero attached hydrogens (tertiary/aromatic N) is 3. The minimum atomic E-state index is -4.32. The zero-order valence-corrected chi connectivity index (χ0v) is 19.3. The van der Waals surface area contributed by atoms with Gasteiger partial charge in [-0.25, -0.2) is 8.42 Å². The molecule has 1 N–H and O–H groups in total. The number of nitrogens with one attached hydrogen (secondary N) is 1. The number of hydrogen-bond donors (Lipinski definition) is 1. The van der Waals surface area contributed by atoms with Crippen LogP contribution in [0.25, 0.3) is 10.9 Å². The van der Waals surface area contributed by atoms with E-state index < -0.39 is 34.2 Å². The first-order valence-electron chi connectivity index (χ1n) is 10.7. The monoisotopic (exact) mass is 488 g/mol. The molecule has 1 aromatic heterocycles. The molecule has 0 saturated carbocycles. The Balaban J connectivity index is 1.97. The molecule has 1 aliphatic rings. The molecular weight excluding hydrogens is 461 g/mol. The van der Waals surface area contributed by atoms with Crippen LogP contribution < -0.4 is 5.56 Å². The molecule has 1 amide bonds. The van der Waals surface area contributed by atoms with Crippen molar-refractivity contribution in [2.24, 2.45) is 0 Å². The molecule has 1 fully saturated rings. The van der Waals surface area contributed by atoms with Crippen LogP contribution in [0.15, 0.2) is 34.0 Å². The van der Waals surface area contributed by atoms with Gasteiger partial charge in [-0.15, -0.1) is 0 Å². The molecule has 1 aliphatic heterocycles. The van der Waals surface area contributed by atoms with Gasteiger partial charge in [-0.05, 0) is 24.6 Å². The third kappa shape index (κ3) is 5.74. The van der Waals surface area contributed by atoms with E-state index in [2.05, 4.69) is 4.98 Å². The summed E-state index contributed by atoms with van der Waals surface area (Å²) in [7, 11) is -3.80. The Hall–Kier alpha value is -2.44. The Morgan fingerprint density at radius 2 is 1.79 bits per heavy atom. The van der Waals surface area contributed by atoms with Crippen LogP contribution in [0.2, 0.25) is 0 Å².